The van der Waals surface area contributed by atoms with E-state index in [-0.39, 0.29) is 11.2 Å². The maximum absolute atomic E-state index is 13.1. The molecule has 0 fully saturated rings. The van der Waals surface area contributed by atoms with Crippen LogP contribution in [0.5, 0.6) is 0 Å². The molecule has 0 N–H and O–H groups in total. The van der Waals surface area contributed by atoms with E-state index in [9.17, 15) is 4.79 Å². The summed E-state index contributed by atoms with van der Waals surface area (Å²) >= 11 is 1.43. The van der Waals surface area contributed by atoms with Crippen LogP contribution in [0, 0.1) is 6.92 Å². The molecule has 3 heterocycles. The Morgan fingerprint density at radius 1 is 1.11 bits per heavy atom. The lowest BCUT2D eigenvalue weighted by molar-refractivity contribution is -0.117. The minimum Gasteiger partial charge on any atom is -0.311 e. The van der Waals surface area contributed by atoms with Gasteiger partial charge >= 0.3 is 0 Å². The minimum absolute atomic E-state index is 0.0925. The summed E-state index contributed by atoms with van der Waals surface area (Å²) in [7, 11) is 0. The van der Waals surface area contributed by atoms with Gasteiger partial charge in [-0.25, -0.2) is 9.97 Å². The molecule has 0 spiro atoms. The second-order valence-corrected chi connectivity index (χ2v) is 8.24. The Bertz CT molecular complexity index is 1220. The van der Waals surface area contributed by atoms with Gasteiger partial charge in [0.25, 0.3) is 0 Å². The quantitative estimate of drug-likeness (QED) is 0.395. The van der Waals surface area contributed by atoms with Gasteiger partial charge in [0.15, 0.2) is 10.8 Å². The number of rotatable bonds is 3. The van der Waals surface area contributed by atoms with Crippen molar-refractivity contribution in [3.63, 3.8) is 0 Å². The van der Waals surface area contributed by atoms with Crippen LogP contribution < -0.4 is 4.90 Å². The largest absolute Gasteiger partial charge is 0.311 e. The molecule has 4 aromatic rings. The van der Waals surface area contributed by atoms with E-state index >= 15 is 0 Å². The number of aryl methyl sites for hydroxylation is 1. The van der Waals surface area contributed by atoms with Crippen molar-refractivity contribution < 1.29 is 4.79 Å². The van der Waals surface area contributed by atoms with Crippen LogP contribution in [0.4, 0.5) is 5.69 Å². The first-order valence-electron chi connectivity index (χ1n) is 9.30. The summed E-state index contributed by atoms with van der Waals surface area (Å²) in [5.41, 5.74) is 3.88. The predicted molar refractivity (Wildman–Crippen MR) is 111 cm³/mol. The Morgan fingerprint density at radius 2 is 1.89 bits per heavy atom. The van der Waals surface area contributed by atoms with Crippen molar-refractivity contribution in [1.82, 2.24) is 19.6 Å². The Hall–Kier alpha value is -2.93. The van der Waals surface area contributed by atoms with Crippen molar-refractivity contribution in [1.29, 1.82) is 0 Å². The number of carbonyl (C=O) groups is 1. The number of hydrogen-bond donors (Lipinski definition) is 0. The van der Waals surface area contributed by atoms with Crippen LogP contribution in [0.25, 0.3) is 16.6 Å². The summed E-state index contributed by atoms with van der Waals surface area (Å²) in [6.07, 6.45) is 0.903. The van der Waals surface area contributed by atoms with Crippen LogP contribution >= 0.6 is 11.8 Å². The van der Waals surface area contributed by atoms with Crippen LogP contribution in [-0.2, 0) is 11.2 Å². The molecule has 1 atom stereocenters. The van der Waals surface area contributed by atoms with Gasteiger partial charge in [0, 0.05) is 17.6 Å². The van der Waals surface area contributed by atoms with E-state index in [4.69, 9.17) is 4.98 Å². The highest BCUT2D eigenvalue weighted by molar-refractivity contribution is 8.00. The predicted octanol–water partition coefficient (Wildman–Crippen LogP) is 3.66. The van der Waals surface area contributed by atoms with E-state index in [2.05, 4.69) is 16.1 Å². The summed E-state index contributed by atoms with van der Waals surface area (Å²) in [5, 5.41) is 5.86. The Labute approximate surface area is 166 Å². The van der Waals surface area contributed by atoms with Gasteiger partial charge in [-0.1, -0.05) is 42.1 Å². The number of amides is 1. The average molecular weight is 389 g/mol. The molecule has 140 valence electrons. The van der Waals surface area contributed by atoms with Crippen LogP contribution in [0.2, 0.25) is 0 Å². The molecule has 5 rings (SSSR count). The highest BCUT2D eigenvalue weighted by Crippen LogP contribution is 2.32. The third kappa shape index (κ3) is 2.74. The van der Waals surface area contributed by atoms with E-state index < -0.39 is 0 Å². The van der Waals surface area contributed by atoms with Crippen molar-refractivity contribution in [2.75, 3.05) is 11.4 Å². The lowest BCUT2D eigenvalue weighted by Crippen LogP contribution is -2.35. The second-order valence-electron chi connectivity index (χ2n) is 6.93. The number of para-hydroxylation sites is 2. The molecule has 2 aromatic carbocycles. The minimum atomic E-state index is -0.285. The number of anilines is 1. The average Bonchev–Trinajstić information content (AvgIpc) is 3.31. The lowest BCUT2D eigenvalue weighted by Gasteiger charge is -2.21. The second kappa shape index (κ2) is 6.60. The Kier molecular flexibility index (Phi) is 4.05. The van der Waals surface area contributed by atoms with Crippen molar-refractivity contribution in [2.45, 2.75) is 30.7 Å². The fraction of sp³-hybridized carbons (Fsp3) is 0.238. The molecule has 0 saturated heterocycles. The topological polar surface area (TPSA) is 63.4 Å². The van der Waals surface area contributed by atoms with Gasteiger partial charge in [0.05, 0.1) is 10.8 Å². The molecular formula is C21H19N5OS. The number of benzene rings is 2. The Morgan fingerprint density at radius 3 is 2.79 bits per heavy atom. The molecule has 0 radical (unpaired) electrons. The molecule has 7 heteroatoms. The molecule has 0 unspecified atom stereocenters. The normalized spacial score (nSPS) is 14.6. The third-order valence-electron chi connectivity index (χ3n) is 5.04. The zero-order valence-electron chi connectivity index (χ0n) is 15.7. The van der Waals surface area contributed by atoms with Gasteiger partial charge in [-0.15, -0.1) is 5.10 Å². The van der Waals surface area contributed by atoms with Gasteiger partial charge in [-0.3, -0.25) is 4.79 Å². The highest BCUT2D eigenvalue weighted by Gasteiger charge is 2.29. The molecule has 0 aliphatic carbocycles. The van der Waals surface area contributed by atoms with Crippen LogP contribution in [0.15, 0.2) is 53.7 Å². The van der Waals surface area contributed by atoms with Crippen molar-refractivity contribution >= 4 is 39.9 Å². The number of fused-ring (bicyclic) bond motifs is 4. The molecule has 0 saturated carbocycles. The standard InChI is InChI=1S/C21H19N5OS/c1-13(20(27)25-12-11-15-7-3-6-10-18(15)25)28-21-23-17-9-5-4-8-16(17)19-22-14(2)24-26(19)21/h3-10,13H,11-12H2,1-2H3/t13-/m0/s1. The summed E-state index contributed by atoms with van der Waals surface area (Å²) < 4.78 is 1.75. The van der Waals surface area contributed by atoms with Crippen molar-refractivity contribution in [2.24, 2.45) is 0 Å². The van der Waals surface area contributed by atoms with Crippen molar-refractivity contribution in [3.05, 3.63) is 59.9 Å². The van der Waals surface area contributed by atoms with Gasteiger partial charge in [0.2, 0.25) is 5.91 Å². The monoisotopic (exact) mass is 389 g/mol. The fourth-order valence-electron chi connectivity index (χ4n) is 3.70. The number of thioether (sulfide) groups is 1. The molecule has 0 bridgehead atoms. The van der Waals surface area contributed by atoms with E-state index in [1.807, 2.05) is 61.2 Å². The summed E-state index contributed by atoms with van der Waals surface area (Å²) in [6, 6.07) is 16.0. The summed E-state index contributed by atoms with van der Waals surface area (Å²) in [4.78, 5) is 24.4. The maximum atomic E-state index is 13.1. The number of carbonyl (C=O) groups excluding carboxylic acids is 1. The van der Waals surface area contributed by atoms with Gasteiger partial charge in [-0.2, -0.15) is 4.52 Å². The van der Waals surface area contributed by atoms with Crippen LogP contribution in [0.1, 0.15) is 18.3 Å². The number of nitrogens with zero attached hydrogens (tertiary/aromatic N) is 5. The van der Waals surface area contributed by atoms with E-state index in [0.717, 1.165) is 35.2 Å². The maximum Gasteiger partial charge on any atom is 0.240 e. The zero-order valence-corrected chi connectivity index (χ0v) is 16.5. The first-order chi connectivity index (χ1) is 13.6. The number of aromatic nitrogens is 4. The molecule has 6 nitrogen and oxygen atoms in total. The van der Waals surface area contributed by atoms with Gasteiger partial charge < -0.3 is 4.90 Å². The first-order valence-corrected chi connectivity index (χ1v) is 10.2. The van der Waals surface area contributed by atoms with E-state index in [0.29, 0.717) is 11.0 Å². The van der Waals surface area contributed by atoms with E-state index in [1.165, 1.54) is 17.3 Å². The summed E-state index contributed by atoms with van der Waals surface area (Å²) in [5.74, 6) is 0.780. The molecule has 1 aliphatic rings. The number of hydrogen-bond acceptors (Lipinski definition) is 5. The summed E-state index contributed by atoms with van der Waals surface area (Å²) in [6.45, 7) is 4.53. The molecular weight excluding hydrogens is 370 g/mol. The first kappa shape index (κ1) is 17.2. The molecule has 2 aromatic heterocycles. The zero-order chi connectivity index (χ0) is 19.3. The molecule has 28 heavy (non-hydrogen) atoms. The van der Waals surface area contributed by atoms with E-state index in [1.54, 1.807) is 4.52 Å². The highest BCUT2D eigenvalue weighted by atomic mass is 32.2. The van der Waals surface area contributed by atoms with Gasteiger partial charge in [-0.05, 0) is 44.0 Å². The van der Waals surface area contributed by atoms with Crippen molar-refractivity contribution in [3.8, 4) is 0 Å². The Balaban J connectivity index is 1.50. The molecule has 1 amide bonds. The van der Waals surface area contributed by atoms with Gasteiger partial charge in [0.1, 0.15) is 5.82 Å². The fourth-order valence-corrected chi connectivity index (χ4v) is 4.63. The lowest BCUT2D eigenvalue weighted by atomic mass is 10.2. The van der Waals surface area contributed by atoms with Crippen LogP contribution in [0.3, 0.4) is 0 Å². The third-order valence-corrected chi connectivity index (χ3v) is 6.07. The SMILES string of the molecule is Cc1nc2c3ccccc3nc(S[C@@H](C)C(=O)N3CCc4ccccc43)n2n1. The molecule has 1 aliphatic heterocycles. The smallest absolute Gasteiger partial charge is 0.240 e. The van der Waals surface area contributed by atoms with Crippen LogP contribution in [-0.4, -0.2) is 37.3 Å².